The molecule has 0 bridgehead atoms. The van der Waals surface area contributed by atoms with Crippen molar-refractivity contribution in [3.05, 3.63) is 76.3 Å². The summed E-state index contributed by atoms with van der Waals surface area (Å²) in [7, 11) is 1.88. The highest BCUT2D eigenvalue weighted by Crippen LogP contribution is 2.52. The Kier molecular flexibility index (Phi) is 6.31. The van der Waals surface area contributed by atoms with E-state index in [0.29, 0.717) is 29.8 Å². The molecular weight excluding hydrogens is 550 g/mol. The molecule has 0 radical (unpaired) electrons. The van der Waals surface area contributed by atoms with Gasteiger partial charge in [-0.1, -0.05) is 48.5 Å². The van der Waals surface area contributed by atoms with Crippen LogP contribution < -0.4 is 0 Å². The summed E-state index contributed by atoms with van der Waals surface area (Å²) in [5, 5.41) is 9.39. The second kappa shape index (κ2) is 9.54. The second-order valence-corrected chi connectivity index (χ2v) is 11.4. The number of benzene rings is 2. The summed E-state index contributed by atoms with van der Waals surface area (Å²) in [6, 6.07) is 16.6. The fraction of sp³-hybridized carbons (Fsp3) is 0.414. The number of imidazole rings is 1. The van der Waals surface area contributed by atoms with Gasteiger partial charge in [0.25, 0.3) is 0 Å². The molecule has 6 rings (SSSR count). The Bertz CT molecular complexity index is 1350. The lowest BCUT2D eigenvalue weighted by molar-refractivity contribution is -0.171. The van der Waals surface area contributed by atoms with Crippen molar-refractivity contribution in [2.45, 2.75) is 49.2 Å². The van der Waals surface area contributed by atoms with E-state index in [1.165, 1.54) is 22.3 Å². The minimum Gasteiger partial charge on any atom is -0.480 e. The monoisotopic (exact) mass is 579 g/mol. The van der Waals surface area contributed by atoms with E-state index in [0.717, 1.165) is 19.3 Å². The Labute approximate surface area is 229 Å². The highest BCUT2D eigenvalue weighted by atomic mass is 79.9. The molecule has 1 N–H and O–H groups in total. The minimum absolute atomic E-state index is 0.00334. The molecule has 2 fully saturated rings. The summed E-state index contributed by atoms with van der Waals surface area (Å²) >= 11 is 3.44. The van der Waals surface area contributed by atoms with Crippen LogP contribution in [0.4, 0.5) is 4.79 Å². The molecule has 1 saturated carbocycles. The number of carboxylic acids is 1. The standard InChI is InChI=1S/C29H30BrN3O5/c1-32-15-24(30)31-26(32)29(38-17-25(34)35)13-14-33(28(18-29)11-6-12-28)27(36)37-16-23-21-9-4-2-7-19(21)20-8-3-5-10-22(20)23/h2-5,7-10,15,23H,6,11-14,16-18H2,1H3,(H,34,35). The molecule has 198 valence electrons. The highest BCUT2D eigenvalue weighted by Gasteiger charge is 2.57. The van der Waals surface area contributed by atoms with Gasteiger partial charge in [0.05, 0.1) is 0 Å². The lowest BCUT2D eigenvalue weighted by Crippen LogP contribution is -2.64. The van der Waals surface area contributed by atoms with Crippen molar-refractivity contribution in [1.82, 2.24) is 14.5 Å². The quantitative estimate of drug-likeness (QED) is 0.417. The largest absolute Gasteiger partial charge is 0.480 e. The molecule has 9 heteroatoms. The summed E-state index contributed by atoms with van der Waals surface area (Å²) in [6.07, 6.45) is 5.07. The van der Waals surface area contributed by atoms with E-state index in [4.69, 9.17) is 9.47 Å². The van der Waals surface area contributed by atoms with E-state index >= 15 is 0 Å². The molecule has 1 aromatic heterocycles. The van der Waals surface area contributed by atoms with Crippen LogP contribution in [-0.4, -0.2) is 56.9 Å². The maximum atomic E-state index is 13.6. The van der Waals surface area contributed by atoms with E-state index in [1.54, 1.807) is 0 Å². The van der Waals surface area contributed by atoms with Gasteiger partial charge in [0.1, 0.15) is 29.2 Å². The van der Waals surface area contributed by atoms with Crippen LogP contribution in [0.15, 0.2) is 59.3 Å². The van der Waals surface area contributed by atoms with Crippen molar-refractivity contribution in [3.63, 3.8) is 0 Å². The number of carbonyl (C=O) groups excluding carboxylic acids is 1. The summed E-state index contributed by atoms with van der Waals surface area (Å²) < 4.78 is 14.7. The summed E-state index contributed by atoms with van der Waals surface area (Å²) in [6.45, 7) is 0.249. The molecule has 1 aliphatic heterocycles. The topological polar surface area (TPSA) is 93.9 Å². The van der Waals surface area contributed by atoms with Gasteiger partial charge in [-0.25, -0.2) is 14.6 Å². The first kappa shape index (κ1) is 25.1. The predicted octanol–water partition coefficient (Wildman–Crippen LogP) is 5.45. The molecule has 1 spiro atoms. The zero-order valence-electron chi connectivity index (χ0n) is 21.2. The zero-order valence-corrected chi connectivity index (χ0v) is 22.8. The van der Waals surface area contributed by atoms with Gasteiger partial charge in [-0.2, -0.15) is 0 Å². The van der Waals surface area contributed by atoms with E-state index in [-0.39, 0.29) is 18.6 Å². The number of ether oxygens (including phenoxy) is 2. The van der Waals surface area contributed by atoms with Crippen molar-refractivity contribution in [1.29, 1.82) is 0 Å². The van der Waals surface area contributed by atoms with Gasteiger partial charge in [0.15, 0.2) is 0 Å². The summed E-state index contributed by atoms with van der Waals surface area (Å²) in [5.41, 5.74) is 3.40. The van der Waals surface area contributed by atoms with Crippen LogP contribution in [-0.2, 0) is 26.9 Å². The van der Waals surface area contributed by atoms with Crippen LogP contribution in [0.3, 0.4) is 0 Å². The Morgan fingerprint density at radius 1 is 1.08 bits per heavy atom. The molecule has 3 aliphatic rings. The fourth-order valence-electron chi connectivity index (χ4n) is 6.67. The molecule has 3 aromatic rings. The smallest absolute Gasteiger partial charge is 0.410 e. The number of carbonyl (C=O) groups is 2. The molecular formula is C29H30BrN3O5. The lowest BCUT2D eigenvalue weighted by atomic mass is 9.65. The average Bonchev–Trinajstić information content (AvgIpc) is 3.41. The van der Waals surface area contributed by atoms with Gasteiger partial charge < -0.3 is 24.0 Å². The fourth-order valence-corrected chi connectivity index (χ4v) is 7.14. The van der Waals surface area contributed by atoms with Crippen molar-refractivity contribution < 1.29 is 24.2 Å². The third kappa shape index (κ3) is 4.12. The van der Waals surface area contributed by atoms with Crippen LogP contribution in [0, 0.1) is 0 Å². The van der Waals surface area contributed by atoms with Gasteiger partial charge in [-0.3, -0.25) is 0 Å². The van der Waals surface area contributed by atoms with Crippen molar-refractivity contribution >= 4 is 28.0 Å². The third-order valence-corrected chi connectivity index (χ3v) is 8.88. The number of hydrogen-bond acceptors (Lipinski definition) is 5. The van der Waals surface area contributed by atoms with Crippen molar-refractivity contribution in [2.75, 3.05) is 19.8 Å². The number of nitrogens with zero attached hydrogens (tertiary/aromatic N) is 3. The Morgan fingerprint density at radius 3 is 2.29 bits per heavy atom. The number of aliphatic carboxylic acids is 1. The summed E-state index contributed by atoms with van der Waals surface area (Å²) in [4.78, 5) is 31.6. The zero-order chi connectivity index (χ0) is 26.5. The van der Waals surface area contributed by atoms with E-state index in [9.17, 15) is 14.7 Å². The number of aryl methyl sites for hydroxylation is 1. The van der Waals surface area contributed by atoms with Crippen molar-refractivity contribution in [2.24, 2.45) is 7.05 Å². The van der Waals surface area contributed by atoms with Gasteiger partial charge in [0, 0.05) is 44.1 Å². The summed E-state index contributed by atoms with van der Waals surface area (Å²) in [5.74, 6) is -0.361. The number of piperidine rings is 1. The van der Waals surface area contributed by atoms with Crippen LogP contribution in [0.1, 0.15) is 55.0 Å². The first-order valence-corrected chi connectivity index (χ1v) is 13.8. The molecule has 8 nitrogen and oxygen atoms in total. The molecule has 1 amide bonds. The molecule has 38 heavy (non-hydrogen) atoms. The Morgan fingerprint density at radius 2 is 1.74 bits per heavy atom. The number of carboxylic acid groups (broad SMARTS) is 1. The van der Waals surface area contributed by atoms with E-state index < -0.39 is 23.7 Å². The molecule has 1 saturated heterocycles. The molecule has 1 atom stereocenters. The number of likely N-dealkylation sites (tertiary alicyclic amines) is 1. The Hall–Kier alpha value is -3.17. The normalized spacial score (nSPS) is 21.6. The van der Waals surface area contributed by atoms with Crippen molar-refractivity contribution in [3.8, 4) is 11.1 Å². The van der Waals surface area contributed by atoms with E-state index in [1.807, 2.05) is 47.0 Å². The first-order chi connectivity index (χ1) is 18.3. The van der Waals surface area contributed by atoms with Crippen LogP contribution in [0.25, 0.3) is 11.1 Å². The number of fused-ring (bicyclic) bond motifs is 3. The average molecular weight is 580 g/mol. The highest BCUT2D eigenvalue weighted by molar-refractivity contribution is 9.10. The maximum absolute atomic E-state index is 13.6. The van der Waals surface area contributed by atoms with E-state index in [2.05, 4.69) is 45.2 Å². The van der Waals surface area contributed by atoms with Crippen LogP contribution in [0.2, 0.25) is 0 Å². The number of hydrogen-bond donors (Lipinski definition) is 1. The minimum atomic E-state index is -1.03. The number of halogens is 1. The van der Waals surface area contributed by atoms with Crippen LogP contribution in [0.5, 0.6) is 0 Å². The molecule has 2 aliphatic carbocycles. The first-order valence-electron chi connectivity index (χ1n) is 13.0. The number of rotatable bonds is 6. The van der Waals surface area contributed by atoms with Crippen LogP contribution >= 0.6 is 15.9 Å². The third-order valence-electron chi connectivity index (χ3n) is 8.49. The molecule has 1 unspecified atom stereocenters. The van der Waals surface area contributed by atoms with Gasteiger partial charge >= 0.3 is 12.1 Å². The second-order valence-electron chi connectivity index (χ2n) is 10.6. The van der Waals surface area contributed by atoms with Gasteiger partial charge in [0.2, 0.25) is 0 Å². The Balaban J connectivity index is 1.23. The molecule has 2 aromatic carbocycles. The number of aromatic nitrogens is 2. The van der Waals surface area contributed by atoms with Gasteiger partial charge in [-0.05, 0) is 57.4 Å². The van der Waals surface area contributed by atoms with Gasteiger partial charge in [-0.15, -0.1) is 0 Å². The SMILES string of the molecule is Cn1cc(Br)nc1C1(OCC(=O)O)CCN(C(=O)OCC2c3ccccc3-c3ccccc32)C2(CCC2)C1. The lowest BCUT2D eigenvalue weighted by Gasteiger charge is -2.57. The predicted molar refractivity (Wildman–Crippen MR) is 144 cm³/mol. The maximum Gasteiger partial charge on any atom is 0.410 e. The number of amides is 1. The molecule has 2 heterocycles.